The smallest absolute Gasteiger partial charge is 0.280 e. The van der Waals surface area contributed by atoms with Gasteiger partial charge in [0.05, 0.1) is 0 Å². The van der Waals surface area contributed by atoms with Crippen molar-refractivity contribution >= 4 is 23.7 Å². The summed E-state index contributed by atoms with van der Waals surface area (Å²) < 4.78 is 5.61. The van der Waals surface area contributed by atoms with Gasteiger partial charge >= 0.3 is 0 Å². The number of benzene rings is 2. The number of hydrogen-bond acceptors (Lipinski definition) is 3. The first-order valence-corrected chi connectivity index (χ1v) is 8.64. The summed E-state index contributed by atoms with van der Waals surface area (Å²) >= 11 is 5.98. The van der Waals surface area contributed by atoms with Gasteiger partial charge < -0.3 is 4.74 Å². The van der Waals surface area contributed by atoms with Gasteiger partial charge in [0.15, 0.2) is 6.10 Å². The highest BCUT2D eigenvalue weighted by atomic mass is 35.5. The van der Waals surface area contributed by atoms with Gasteiger partial charge in [0.1, 0.15) is 5.75 Å². The summed E-state index contributed by atoms with van der Waals surface area (Å²) in [6, 6.07) is 15.5. The molecule has 0 heterocycles. The molecule has 1 N–H and O–H groups in total. The normalized spacial score (nSPS) is 13.4. The Kier molecular flexibility index (Phi) is 7.02. The topological polar surface area (TPSA) is 50.7 Å². The number of amides is 1. The lowest BCUT2D eigenvalue weighted by atomic mass is 9.99. The minimum absolute atomic E-state index is 0.295. The van der Waals surface area contributed by atoms with Crippen molar-refractivity contribution in [3.8, 4) is 5.75 Å². The first-order valence-electron chi connectivity index (χ1n) is 8.26. The van der Waals surface area contributed by atoms with Crippen LogP contribution in [0.2, 0.25) is 5.02 Å². The van der Waals surface area contributed by atoms with Crippen molar-refractivity contribution in [3.63, 3.8) is 0 Å². The second kappa shape index (κ2) is 9.23. The number of ether oxygens (including phenoxy) is 1. The highest BCUT2D eigenvalue weighted by Crippen LogP contribution is 2.22. The second-order valence-corrected chi connectivity index (χ2v) is 6.41. The van der Waals surface area contributed by atoms with Crippen LogP contribution in [0.25, 0.3) is 0 Å². The van der Waals surface area contributed by atoms with Gasteiger partial charge in [-0.1, -0.05) is 48.9 Å². The monoisotopic (exact) mass is 358 g/mol. The Hall–Kier alpha value is -2.33. The van der Waals surface area contributed by atoms with Crippen LogP contribution < -0.4 is 10.2 Å². The first-order chi connectivity index (χ1) is 12.0. The Morgan fingerprint density at radius 1 is 1.24 bits per heavy atom. The van der Waals surface area contributed by atoms with Crippen LogP contribution in [-0.2, 0) is 4.79 Å². The summed E-state index contributed by atoms with van der Waals surface area (Å²) in [7, 11) is 0. The van der Waals surface area contributed by atoms with E-state index >= 15 is 0 Å². The van der Waals surface area contributed by atoms with E-state index < -0.39 is 6.10 Å². The molecule has 2 rings (SSSR count). The zero-order valence-corrected chi connectivity index (χ0v) is 15.5. The van der Waals surface area contributed by atoms with E-state index in [1.165, 1.54) is 5.56 Å². The van der Waals surface area contributed by atoms with Crippen molar-refractivity contribution in [1.82, 2.24) is 5.43 Å². The van der Waals surface area contributed by atoms with E-state index in [0.29, 0.717) is 16.7 Å². The van der Waals surface area contributed by atoms with Crippen molar-refractivity contribution in [3.05, 3.63) is 64.7 Å². The predicted octanol–water partition coefficient (Wildman–Crippen LogP) is 4.71. The molecule has 25 heavy (non-hydrogen) atoms. The molecule has 1 amide bonds. The molecule has 4 nitrogen and oxygen atoms in total. The van der Waals surface area contributed by atoms with E-state index in [-0.39, 0.29) is 5.91 Å². The van der Waals surface area contributed by atoms with Crippen LogP contribution in [0.5, 0.6) is 5.75 Å². The van der Waals surface area contributed by atoms with Gasteiger partial charge in [0, 0.05) is 11.2 Å². The Labute approximate surface area is 153 Å². The Morgan fingerprint density at radius 3 is 2.64 bits per heavy atom. The number of nitrogens with one attached hydrogen (secondary N) is 1. The molecule has 0 aliphatic carbocycles. The Morgan fingerprint density at radius 2 is 1.96 bits per heavy atom. The van der Waals surface area contributed by atoms with Crippen molar-refractivity contribution < 1.29 is 9.53 Å². The zero-order valence-electron chi connectivity index (χ0n) is 14.7. The van der Waals surface area contributed by atoms with E-state index in [4.69, 9.17) is 16.3 Å². The van der Waals surface area contributed by atoms with Gasteiger partial charge in [-0.25, -0.2) is 5.43 Å². The van der Waals surface area contributed by atoms with E-state index in [0.717, 1.165) is 12.0 Å². The number of hydrogen-bond donors (Lipinski definition) is 1. The van der Waals surface area contributed by atoms with E-state index in [2.05, 4.69) is 29.6 Å². The fraction of sp³-hybridized carbons (Fsp3) is 0.300. The third kappa shape index (κ3) is 5.91. The standard InChI is InChI=1S/C20H23ClN2O2/c1-14(17-7-5-4-6-8-17)11-12-22-23-20(24)16(3)25-18-9-10-19(21)15(2)13-18/h4-10,12-14,16H,11H2,1-3H3,(H,23,24)/b22-12-/t14-,16-/m0/s1. The number of carbonyl (C=O) groups is 1. The number of halogens is 1. The maximum absolute atomic E-state index is 12.0. The van der Waals surface area contributed by atoms with E-state index in [1.807, 2.05) is 25.1 Å². The summed E-state index contributed by atoms with van der Waals surface area (Å²) in [6.45, 7) is 5.69. The number of nitrogens with zero attached hydrogens (tertiary/aromatic N) is 1. The Bertz CT molecular complexity index is 732. The van der Waals surface area contributed by atoms with Crippen molar-refractivity contribution in [2.45, 2.75) is 39.2 Å². The van der Waals surface area contributed by atoms with Crippen LogP contribution in [0.1, 0.15) is 37.3 Å². The van der Waals surface area contributed by atoms with Crippen LogP contribution in [-0.4, -0.2) is 18.2 Å². The molecule has 2 aromatic rings. The molecule has 2 atom stereocenters. The van der Waals surface area contributed by atoms with Crippen molar-refractivity contribution in [2.75, 3.05) is 0 Å². The van der Waals surface area contributed by atoms with Gasteiger partial charge in [0.2, 0.25) is 0 Å². The average molecular weight is 359 g/mol. The molecule has 0 spiro atoms. The molecule has 2 aromatic carbocycles. The summed E-state index contributed by atoms with van der Waals surface area (Å²) in [6.07, 6.45) is 1.81. The minimum Gasteiger partial charge on any atom is -0.481 e. The molecule has 0 radical (unpaired) electrons. The quantitative estimate of drug-likeness (QED) is 0.575. The molecule has 0 aliphatic rings. The predicted molar refractivity (Wildman–Crippen MR) is 102 cm³/mol. The average Bonchev–Trinajstić information content (AvgIpc) is 2.62. The molecular formula is C20H23ClN2O2. The SMILES string of the molecule is Cc1cc(O[C@@H](C)C(=O)N/N=C\C[C@H](C)c2ccccc2)ccc1Cl. The molecule has 0 saturated heterocycles. The van der Waals surface area contributed by atoms with Crippen LogP contribution in [0.3, 0.4) is 0 Å². The van der Waals surface area contributed by atoms with Gasteiger partial charge in [0.25, 0.3) is 5.91 Å². The second-order valence-electron chi connectivity index (χ2n) is 6.01. The largest absolute Gasteiger partial charge is 0.481 e. The maximum Gasteiger partial charge on any atom is 0.280 e. The van der Waals surface area contributed by atoms with Crippen LogP contribution in [0, 0.1) is 6.92 Å². The van der Waals surface area contributed by atoms with E-state index in [1.54, 1.807) is 31.3 Å². The highest BCUT2D eigenvalue weighted by Gasteiger charge is 2.14. The van der Waals surface area contributed by atoms with Crippen molar-refractivity contribution in [1.29, 1.82) is 0 Å². The maximum atomic E-state index is 12.0. The Balaban J connectivity index is 1.79. The molecular weight excluding hydrogens is 336 g/mol. The number of aryl methyl sites for hydroxylation is 1. The lowest BCUT2D eigenvalue weighted by molar-refractivity contribution is -0.127. The lowest BCUT2D eigenvalue weighted by Crippen LogP contribution is -2.33. The van der Waals surface area contributed by atoms with Gasteiger partial charge in [-0.2, -0.15) is 5.10 Å². The molecule has 0 aromatic heterocycles. The number of hydrazone groups is 1. The molecule has 132 valence electrons. The molecule has 0 aliphatic heterocycles. The van der Waals surface area contributed by atoms with Gasteiger partial charge in [-0.05, 0) is 55.5 Å². The fourth-order valence-corrected chi connectivity index (χ4v) is 2.39. The van der Waals surface area contributed by atoms with Gasteiger partial charge in [-0.15, -0.1) is 0 Å². The third-order valence-electron chi connectivity index (χ3n) is 3.91. The number of carbonyl (C=O) groups excluding carboxylic acids is 1. The summed E-state index contributed by atoms with van der Waals surface area (Å²) in [5, 5.41) is 4.67. The van der Waals surface area contributed by atoms with Crippen LogP contribution in [0.15, 0.2) is 53.6 Å². The lowest BCUT2D eigenvalue weighted by Gasteiger charge is -2.14. The number of rotatable bonds is 7. The molecule has 0 bridgehead atoms. The highest BCUT2D eigenvalue weighted by molar-refractivity contribution is 6.31. The van der Waals surface area contributed by atoms with Crippen LogP contribution in [0.4, 0.5) is 0 Å². The summed E-state index contributed by atoms with van der Waals surface area (Å²) in [4.78, 5) is 12.0. The van der Waals surface area contributed by atoms with Crippen molar-refractivity contribution in [2.24, 2.45) is 5.10 Å². The molecule has 0 unspecified atom stereocenters. The third-order valence-corrected chi connectivity index (χ3v) is 4.33. The molecule has 0 fully saturated rings. The zero-order chi connectivity index (χ0) is 18.2. The summed E-state index contributed by atoms with van der Waals surface area (Å²) in [5.74, 6) is 0.648. The molecule has 5 heteroatoms. The van der Waals surface area contributed by atoms with E-state index in [9.17, 15) is 4.79 Å². The molecule has 0 saturated carbocycles. The summed E-state index contributed by atoms with van der Waals surface area (Å²) in [5.41, 5.74) is 4.66. The minimum atomic E-state index is -0.649. The fourth-order valence-electron chi connectivity index (χ4n) is 2.28. The first kappa shape index (κ1) is 19.0. The van der Waals surface area contributed by atoms with Gasteiger partial charge in [-0.3, -0.25) is 4.79 Å². The van der Waals surface area contributed by atoms with Crippen LogP contribution >= 0.6 is 11.6 Å².